The van der Waals surface area contributed by atoms with Crippen molar-refractivity contribution in [3.63, 3.8) is 0 Å². The summed E-state index contributed by atoms with van der Waals surface area (Å²) >= 11 is 5.89. The van der Waals surface area contributed by atoms with Crippen LogP contribution in [-0.2, 0) is 4.79 Å². The van der Waals surface area contributed by atoms with Crippen molar-refractivity contribution >= 4 is 41.0 Å². The van der Waals surface area contributed by atoms with Crippen molar-refractivity contribution < 1.29 is 19.5 Å². The first-order valence-electron chi connectivity index (χ1n) is 6.66. The summed E-state index contributed by atoms with van der Waals surface area (Å²) < 4.78 is 0. The molecule has 1 aliphatic heterocycles. The Morgan fingerprint density at radius 2 is 1.91 bits per heavy atom. The molecular weight excluding hydrogens is 318 g/mol. The number of rotatable bonds is 2. The highest BCUT2D eigenvalue weighted by molar-refractivity contribution is 6.36. The molecule has 6 heteroatoms. The number of Topliss-reactive ketones (excluding diaryl/α,β-unsaturated/α-hetero) is 1. The van der Waals surface area contributed by atoms with Gasteiger partial charge in [-0.15, -0.1) is 0 Å². The first-order valence-corrected chi connectivity index (χ1v) is 7.04. The molecular formula is C17H10ClNO4. The summed E-state index contributed by atoms with van der Waals surface area (Å²) in [5.74, 6) is -2.20. The van der Waals surface area contributed by atoms with E-state index in [0.717, 1.165) is 0 Å². The fourth-order valence-corrected chi connectivity index (χ4v) is 2.50. The van der Waals surface area contributed by atoms with E-state index in [9.17, 15) is 14.4 Å². The third-order valence-electron chi connectivity index (χ3n) is 3.41. The highest BCUT2D eigenvalue weighted by atomic mass is 35.5. The quantitative estimate of drug-likeness (QED) is 0.655. The minimum atomic E-state index is -1.14. The van der Waals surface area contributed by atoms with Crippen molar-refractivity contribution in [2.75, 3.05) is 5.32 Å². The van der Waals surface area contributed by atoms with Crippen LogP contribution in [0.3, 0.4) is 0 Å². The number of ketones is 1. The number of hydrogen-bond acceptors (Lipinski definition) is 3. The van der Waals surface area contributed by atoms with Crippen LogP contribution in [0.5, 0.6) is 0 Å². The summed E-state index contributed by atoms with van der Waals surface area (Å²) in [6.07, 6.45) is 1.43. The Hall–Kier alpha value is -2.92. The molecule has 2 N–H and O–H groups in total. The van der Waals surface area contributed by atoms with Crippen LogP contribution < -0.4 is 5.32 Å². The van der Waals surface area contributed by atoms with Crippen LogP contribution in [0.15, 0.2) is 48.0 Å². The first kappa shape index (κ1) is 15.0. The van der Waals surface area contributed by atoms with Gasteiger partial charge in [-0.05, 0) is 42.0 Å². The van der Waals surface area contributed by atoms with Gasteiger partial charge in [0.25, 0.3) is 5.91 Å². The smallest absolute Gasteiger partial charge is 0.335 e. The molecule has 3 rings (SSSR count). The topological polar surface area (TPSA) is 83.5 Å². The maximum Gasteiger partial charge on any atom is 0.335 e. The Balaban J connectivity index is 2.08. The second-order valence-electron chi connectivity index (χ2n) is 4.96. The van der Waals surface area contributed by atoms with E-state index < -0.39 is 17.7 Å². The molecule has 5 nitrogen and oxygen atoms in total. The van der Waals surface area contributed by atoms with Gasteiger partial charge in [0.1, 0.15) is 0 Å². The predicted molar refractivity (Wildman–Crippen MR) is 85.8 cm³/mol. The minimum Gasteiger partial charge on any atom is -0.478 e. The van der Waals surface area contributed by atoms with Gasteiger partial charge in [0, 0.05) is 10.6 Å². The van der Waals surface area contributed by atoms with Gasteiger partial charge in [0.15, 0.2) is 0 Å². The van der Waals surface area contributed by atoms with Gasteiger partial charge in [-0.1, -0.05) is 23.7 Å². The number of carboxylic acids is 1. The molecule has 0 bridgehead atoms. The monoisotopic (exact) mass is 327 g/mol. The van der Waals surface area contributed by atoms with Gasteiger partial charge in [0.05, 0.1) is 16.8 Å². The second kappa shape index (κ2) is 5.70. The van der Waals surface area contributed by atoms with Crippen molar-refractivity contribution in [3.8, 4) is 0 Å². The van der Waals surface area contributed by atoms with E-state index in [4.69, 9.17) is 16.7 Å². The Morgan fingerprint density at radius 1 is 1.13 bits per heavy atom. The lowest BCUT2D eigenvalue weighted by molar-refractivity contribution is -0.112. The van der Waals surface area contributed by atoms with Gasteiger partial charge >= 0.3 is 5.97 Å². The fourth-order valence-electron chi connectivity index (χ4n) is 2.31. The lowest BCUT2D eigenvalue weighted by atomic mass is 9.94. The van der Waals surface area contributed by atoms with Gasteiger partial charge < -0.3 is 10.4 Å². The van der Waals surface area contributed by atoms with Crippen LogP contribution in [0.4, 0.5) is 5.69 Å². The van der Waals surface area contributed by atoms with Gasteiger partial charge in [-0.2, -0.15) is 0 Å². The molecule has 0 radical (unpaired) electrons. The van der Waals surface area contributed by atoms with E-state index in [-0.39, 0.29) is 16.7 Å². The predicted octanol–water partition coefficient (Wildman–Crippen LogP) is 3.26. The SMILES string of the molecule is O=C1Nc2ccc(C(=O)O)cc2C(=O)/C1=C\c1cccc(Cl)c1. The van der Waals surface area contributed by atoms with Crippen LogP contribution in [0, 0.1) is 0 Å². The number of nitrogens with one attached hydrogen (secondary N) is 1. The van der Waals surface area contributed by atoms with Crippen molar-refractivity contribution in [2.45, 2.75) is 0 Å². The van der Waals surface area contributed by atoms with E-state index in [1.54, 1.807) is 24.3 Å². The van der Waals surface area contributed by atoms with Crippen LogP contribution in [-0.4, -0.2) is 22.8 Å². The zero-order valence-electron chi connectivity index (χ0n) is 11.7. The average Bonchev–Trinajstić information content (AvgIpc) is 2.51. The largest absolute Gasteiger partial charge is 0.478 e. The number of hydrogen-bond donors (Lipinski definition) is 2. The van der Waals surface area contributed by atoms with Gasteiger partial charge in [-0.25, -0.2) is 4.79 Å². The molecule has 2 aromatic carbocycles. The molecule has 0 saturated heterocycles. The lowest BCUT2D eigenvalue weighted by Crippen LogP contribution is -2.27. The molecule has 23 heavy (non-hydrogen) atoms. The molecule has 1 amide bonds. The molecule has 0 aliphatic carbocycles. The number of carboxylic acid groups (broad SMARTS) is 1. The van der Waals surface area contributed by atoms with Crippen LogP contribution in [0.2, 0.25) is 5.02 Å². The number of carbonyl (C=O) groups is 3. The van der Waals surface area contributed by atoms with Crippen molar-refractivity contribution in [3.05, 3.63) is 69.8 Å². The van der Waals surface area contributed by atoms with E-state index >= 15 is 0 Å². The number of halogens is 1. The van der Waals surface area contributed by atoms with Crippen LogP contribution in [0.1, 0.15) is 26.3 Å². The van der Waals surface area contributed by atoms with Crippen molar-refractivity contribution in [1.82, 2.24) is 0 Å². The zero-order valence-corrected chi connectivity index (χ0v) is 12.4. The highest BCUT2D eigenvalue weighted by Crippen LogP contribution is 2.28. The third-order valence-corrected chi connectivity index (χ3v) is 3.64. The van der Waals surface area contributed by atoms with E-state index in [0.29, 0.717) is 16.3 Å². The molecule has 1 heterocycles. The summed E-state index contributed by atoms with van der Waals surface area (Å²) in [7, 11) is 0. The Morgan fingerprint density at radius 3 is 2.61 bits per heavy atom. The molecule has 0 aromatic heterocycles. The summed E-state index contributed by atoms with van der Waals surface area (Å²) in [4.78, 5) is 35.7. The maximum absolute atomic E-state index is 12.5. The standard InChI is InChI=1S/C17H10ClNO4/c18-11-3-1-2-9(6-11)7-13-15(20)12-8-10(17(22)23)4-5-14(12)19-16(13)21/h1-8H,(H,19,21)(H,22,23)/b13-7+. The Labute approximate surface area is 136 Å². The first-order chi connectivity index (χ1) is 11.0. The summed E-state index contributed by atoms with van der Waals surface area (Å²) in [6, 6.07) is 10.7. The fraction of sp³-hybridized carbons (Fsp3) is 0. The molecule has 0 atom stereocenters. The minimum absolute atomic E-state index is 0.0182. The number of benzene rings is 2. The van der Waals surface area contributed by atoms with Gasteiger partial charge in [0.2, 0.25) is 5.78 Å². The van der Waals surface area contributed by atoms with Crippen LogP contribution >= 0.6 is 11.6 Å². The number of aromatic carboxylic acids is 1. The molecule has 0 spiro atoms. The lowest BCUT2D eigenvalue weighted by Gasteiger charge is -2.18. The normalized spacial score (nSPS) is 15.3. The number of amides is 1. The Kier molecular flexibility index (Phi) is 3.72. The highest BCUT2D eigenvalue weighted by Gasteiger charge is 2.29. The second-order valence-corrected chi connectivity index (χ2v) is 5.40. The Bertz CT molecular complexity index is 886. The van der Waals surface area contributed by atoms with E-state index in [2.05, 4.69) is 5.32 Å². The maximum atomic E-state index is 12.5. The number of fused-ring (bicyclic) bond motifs is 1. The molecule has 0 saturated carbocycles. The molecule has 1 aliphatic rings. The van der Waals surface area contributed by atoms with Crippen LogP contribution in [0.25, 0.3) is 6.08 Å². The zero-order chi connectivity index (χ0) is 16.6. The molecule has 0 fully saturated rings. The third kappa shape index (κ3) is 2.86. The average molecular weight is 328 g/mol. The summed E-state index contributed by atoms with van der Waals surface area (Å²) in [6.45, 7) is 0. The molecule has 0 unspecified atom stereocenters. The molecule has 114 valence electrons. The summed E-state index contributed by atoms with van der Waals surface area (Å²) in [5.41, 5.74) is 0.970. The molecule has 2 aromatic rings. The van der Waals surface area contributed by atoms with Crippen molar-refractivity contribution in [1.29, 1.82) is 0 Å². The van der Waals surface area contributed by atoms with Gasteiger partial charge in [-0.3, -0.25) is 9.59 Å². The van der Waals surface area contributed by atoms with E-state index in [1.165, 1.54) is 24.3 Å². The summed E-state index contributed by atoms with van der Waals surface area (Å²) in [5, 5.41) is 12.1. The number of anilines is 1. The van der Waals surface area contributed by atoms with E-state index in [1.807, 2.05) is 0 Å². The van der Waals surface area contributed by atoms with Crippen molar-refractivity contribution in [2.24, 2.45) is 0 Å². The number of carbonyl (C=O) groups excluding carboxylic acids is 2.